The van der Waals surface area contributed by atoms with Gasteiger partial charge < -0.3 is 4.74 Å². The lowest BCUT2D eigenvalue weighted by atomic mass is 10.1. The molecule has 0 aromatic rings. The van der Waals surface area contributed by atoms with Crippen LogP contribution in [-0.2, 0) is 9.53 Å². The van der Waals surface area contributed by atoms with E-state index in [-0.39, 0.29) is 5.41 Å². The fourth-order valence-electron chi connectivity index (χ4n) is 1.22. The molecule has 80 valence electrons. The van der Waals surface area contributed by atoms with E-state index in [0.29, 0.717) is 5.92 Å². The fourth-order valence-corrected chi connectivity index (χ4v) is 1.22. The Morgan fingerprint density at radius 3 is 2.64 bits per heavy atom. The molecule has 1 unspecified atom stereocenters. The molecule has 2 nitrogen and oxygen atoms in total. The minimum Gasteiger partial charge on any atom is -0.456 e. The van der Waals surface area contributed by atoms with Crippen molar-refractivity contribution in [2.75, 3.05) is 6.61 Å². The van der Waals surface area contributed by atoms with E-state index < -0.39 is 19.0 Å². The number of esters is 1. The molecule has 0 bridgehead atoms. The predicted octanol–water partition coefficient (Wildman–Crippen LogP) is 2.40. The summed E-state index contributed by atoms with van der Waals surface area (Å²) >= 11 is 0. The number of hydrogen-bond donors (Lipinski definition) is 0. The van der Waals surface area contributed by atoms with Gasteiger partial charge in [0.15, 0.2) is 6.61 Å². The van der Waals surface area contributed by atoms with Gasteiger partial charge in [0.1, 0.15) is 0 Å². The van der Waals surface area contributed by atoms with Gasteiger partial charge in [-0.3, -0.25) is 0 Å². The van der Waals surface area contributed by atoms with Crippen LogP contribution >= 0.6 is 0 Å². The van der Waals surface area contributed by atoms with Crippen molar-refractivity contribution in [3.05, 3.63) is 12.2 Å². The van der Waals surface area contributed by atoms with Gasteiger partial charge in [0, 0.05) is 6.08 Å². The van der Waals surface area contributed by atoms with Crippen LogP contribution in [0, 0.1) is 11.3 Å². The van der Waals surface area contributed by atoms with Gasteiger partial charge in [0.05, 0.1) is 0 Å². The van der Waals surface area contributed by atoms with Gasteiger partial charge in [0.2, 0.25) is 0 Å². The Balaban J connectivity index is 2.21. The molecule has 0 aromatic heterocycles. The molecule has 1 fully saturated rings. The molecule has 0 N–H and O–H groups in total. The van der Waals surface area contributed by atoms with E-state index in [1.165, 1.54) is 6.08 Å². The third kappa shape index (κ3) is 3.44. The smallest absolute Gasteiger partial charge is 0.330 e. The van der Waals surface area contributed by atoms with Crippen LogP contribution in [-0.4, -0.2) is 19.0 Å². The first-order chi connectivity index (χ1) is 6.42. The monoisotopic (exact) mass is 204 g/mol. The van der Waals surface area contributed by atoms with Gasteiger partial charge in [-0.2, -0.15) is 0 Å². The van der Waals surface area contributed by atoms with Crippen LogP contribution < -0.4 is 0 Å². The van der Waals surface area contributed by atoms with E-state index in [0.717, 1.165) is 6.42 Å². The molecular formula is C10H14F2O2. The van der Waals surface area contributed by atoms with E-state index in [1.54, 1.807) is 6.08 Å². The summed E-state index contributed by atoms with van der Waals surface area (Å²) in [5.41, 5.74) is 0.249. The molecule has 4 heteroatoms. The number of ether oxygens (including phenoxy) is 1. The second kappa shape index (κ2) is 4.07. The summed E-state index contributed by atoms with van der Waals surface area (Å²) < 4.78 is 27.5. The van der Waals surface area contributed by atoms with Crippen molar-refractivity contribution in [1.82, 2.24) is 0 Å². The summed E-state index contributed by atoms with van der Waals surface area (Å²) in [5.74, 6) is -0.311. The van der Waals surface area contributed by atoms with Crippen molar-refractivity contribution >= 4 is 5.97 Å². The van der Waals surface area contributed by atoms with Crippen molar-refractivity contribution in [1.29, 1.82) is 0 Å². The highest BCUT2D eigenvalue weighted by Gasteiger charge is 2.43. The van der Waals surface area contributed by atoms with Crippen molar-refractivity contribution in [3.8, 4) is 0 Å². The lowest BCUT2D eigenvalue weighted by Gasteiger charge is -1.99. The summed E-state index contributed by atoms with van der Waals surface area (Å²) in [5, 5.41) is 0. The Morgan fingerprint density at radius 1 is 1.64 bits per heavy atom. The zero-order valence-corrected chi connectivity index (χ0v) is 8.30. The second-order valence-corrected chi connectivity index (χ2v) is 4.18. The Labute approximate surface area is 81.9 Å². The zero-order valence-electron chi connectivity index (χ0n) is 8.30. The number of allylic oxidation sites excluding steroid dienone is 1. The van der Waals surface area contributed by atoms with Gasteiger partial charge in [0.25, 0.3) is 6.43 Å². The maximum atomic E-state index is 11.6. The SMILES string of the molecule is CC1(C)CC1/C=C\C(=O)OCC(F)F. The van der Waals surface area contributed by atoms with E-state index in [2.05, 4.69) is 18.6 Å². The third-order valence-electron chi connectivity index (χ3n) is 2.41. The molecular weight excluding hydrogens is 190 g/mol. The van der Waals surface area contributed by atoms with Crippen LogP contribution in [0.1, 0.15) is 20.3 Å². The average Bonchev–Trinajstić information content (AvgIpc) is 2.67. The first kappa shape index (κ1) is 11.1. The lowest BCUT2D eigenvalue weighted by Crippen LogP contribution is -2.09. The van der Waals surface area contributed by atoms with E-state index in [4.69, 9.17) is 0 Å². The largest absolute Gasteiger partial charge is 0.456 e. The average molecular weight is 204 g/mol. The molecule has 0 amide bonds. The molecule has 1 saturated carbocycles. The molecule has 0 aromatic carbocycles. The number of carbonyl (C=O) groups excluding carboxylic acids is 1. The van der Waals surface area contributed by atoms with Gasteiger partial charge in [-0.05, 0) is 17.8 Å². The minimum absolute atomic E-state index is 0.249. The number of alkyl halides is 2. The van der Waals surface area contributed by atoms with E-state index in [9.17, 15) is 13.6 Å². The summed E-state index contributed by atoms with van der Waals surface area (Å²) in [6.07, 6.45) is 1.41. The first-order valence-electron chi connectivity index (χ1n) is 4.55. The normalized spacial score (nSPS) is 24.2. The maximum absolute atomic E-state index is 11.6. The Hall–Kier alpha value is -0.930. The summed E-state index contributed by atoms with van der Waals surface area (Å²) in [6.45, 7) is 3.36. The van der Waals surface area contributed by atoms with Crippen LogP contribution in [0.25, 0.3) is 0 Å². The standard InChI is InChI=1S/C10H14F2O2/c1-10(2)5-7(10)3-4-9(13)14-6-8(11)12/h3-4,7-8H,5-6H2,1-2H3/b4-3-. The fraction of sp³-hybridized carbons (Fsp3) is 0.700. The minimum atomic E-state index is -2.59. The van der Waals surface area contributed by atoms with Crippen molar-refractivity contribution in [2.24, 2.45) is 11.3 Å². The van der Waals surface area contributed by atoms with Gasteiger partial charge >= 0.3 is 5.97 Å². The topological polar surface area (TPSA) is 26.3 Å². The molecule has 0 saturated heterocycles. The maximum Gasteiger partial charge on any atom is 0.330 e. The number of halogens is 2. The van der Waals surface area contributed by atoms with Gasteiger partial charge in [-0.25, -0.2) is 13.6 Å². The summed E-state index contributed by atoms with van der Waals surface area (Å²) in [4.78, 5) is 10.8. The van der Waals surface area contributed by atoms with Crippen LogP contribution in [0.3, 0.4) is 0 Å². The molecule has 1 atom stereocenters. The van der Waals surface area contributed by atoms with Crippen LogP contribution in [0.15, 0.2) is 12.2 Å². The highest BCUT2D eigenvalue weighted by molar-refractivity contribution is 5.82. The molecule has 1 rings (SSSR count). The Morgan fingerprint density at radius 2 is 2.21 bits per heavy atom. The lowest BCUT2D eigenvalue weighted by molar-refractivity contribution is -0.141. The van der Waals surface area contributed by atoms with Crippen LogP contribution in [0.2, 0.25) is 0 Å². The van der Waals surface area contributed by atoms with Gasteiger partial charge in [-0.1, -0.05) is 19.9 Å². The predicted molar refractivity (Wildman–Crippen MR) is 48.0 cm³/mol. The number of carbonyl (C=O) groups is 1. The Bertz CT molecular complexity index is 247. The van der Waals surface area contributed by atoms with Crippen molar-refractivity contribution < 1.29 is 18.3 Å². The molecule has 0 radical (unpaired) electrons. The second-order valence-electron chi connectivity index (χ2n) is 4.18. The van der Waals surface area contributed by atoms with Crippen molar-refractivity contribution in [2.45, 2.75) is 26.7 Å². The van der Waals surface area contributed by atoms with E-state index >= 15 is 0 Å². The van der Waals surface area contributed by atoms with Gasteiger partial charge in [-0.15, -0.1) is 0 Å². The molecule has 0 heterocycles. The third-order valence-corrected chi connectivity index (χ3v) is 2.41. The quantitative estimate of drug-likeness (QED) is 0.519. The summed E-state index contributed by atoms with van der Waals surface area (Å²) in [6, 6.07) is 0. The highest BCUT2D eigenvalue weighted by Crippen LogP contribution is 2.52. The van der Waals surface area contributed by atoms with Crippen molar-refractivity contribution in [3.63, 3.8) is 0 Å². The number of hydrogen-bond acceptors (Lipinski definition) is 2. The summed E-state index contributed by atoms with van der Waals surface area (Å²) in [7, 11) is 0. The molecule has 1 aliphatic carbocycles. The molecule has 14 heavy (non-hydrogen) atoms. The van der Waals surface area contributed by atoms with Crippen LogP contribution in [0.5, 0.6) is 0 Å². The Kier molecular flexibility index (Phi) is 3.24. The molecule has 0 aliphatic heterocycles. The molecule has 1 aliphatic rings. The van der Waals surface area contributed by atoms with E-state index in [1.807, 2.05) is 0 Å². The zero-order chi connectivity index (χ0) is 10.8. The van der Waals surface area contributed by atoms with Crippen LogP contribution in [0.4, 0.5) is 8.78 Å². The first-order valence-corrected chi connectivity index (χ1v) is 4.55. The number of rotatable bonds is 4. The highest BCUT2D eigenvalue weighted by atomic mass is 19.3. The molecule has 0 spiro atoms.